The molecule has 2 unspecified atom stereocenters. The minimum Gasteiger partial charge on any atom is -0.305 e. The van der Waals surface area contributed by atoms with Gasteiger partial charge in [0.25, 0.3) is 0 Å². The highest BCUT2D eigenvalue weighted by molar-refractivity contribution is 5.25. The Hall–Kier alpha value is -1.12. The van der Waals surface area contributed by atoms with Gasteiger partial charge < -0.3 is 5.32 Å². The third-order valence-electron chi connectivity index (χ3n) is 4.42. The second-order valence-electron chi connectivity index (χ2n) is 7.18. The molecule has 1 heterocycles. The summed E-state index contributed by atoms with van der Waals surface area (Å²) in [4.78, 5) is 2.57. The number of piperazine rings is 1. The summed E-state index contributed by atoms with van der Waals surface area (Å²) >= 11 is 0. The van der Waals surface area contributed by atoms with Crippen LogP contribution in [0.3, 0.4) is 0 Å². The second-order valence-corrected chi connectivity index (χ2v) is 7.18. The average molecular weight is 272 g/mol. The zero-order valence-electron chi connectivity index (χ0n) is 13.3. The van der Waals surface area contributed by atoms with Crippen molar-refractivity contribution in [3.63, 3.8) is 0 Å². The van der Waals surface area contributed by atoms with Gasteiger partial charge in [-0.25, -0.2) is 0 Å². The average Bonchev–Trinajstić information content (AvgIpc) is 2.39. The number of hydrogen-bond donors (Lipinski definition) is 1. The largest absolute Gasteiger partial charge is 0.305 e. The topological polar surface area (TPSA) is 15.3 Å². The molecule has 0 aromatic heterocycles. The first kappa shape index (κ1) is 15.3. The van der Waals surface area contributed by atoms with Crippen LogP contribution in [0.25, 0.3) is 0 Å². The fourth-order valence-corrected chi connectivity index (χ4v) is 3.23. The van der Waals surface area contributed by atoms with E-state index < -0.39 is 0 Å². The van der Waals surface area contributed by atoms with E-state index in [1.54, 1.807) is 0 Å². The molecule has 0 saturated carbocycles. The first-order valence-corrected chi connectivity index (χ1v) is 7.52. The van der Waals surface area contributed by atoms with Crippen molar-refractivity contribution in [3.8, 4) is 0 Å². The molecule has 1 aromatic carbocycles. The fourth-order valence-electron chi connectivity index (χ4n) is 3.23. The molecule has 110 valence electrons. The van der Waals surface area contributed by atoms with Gasteiger partial charge in [0.1, 0.15) is 0 Å². The van der Waals surface area contributed by atoms with Gasteiger partial charge >= 0.3 is 0 Å². The second kappa shape index (κ2) is 5.71. The Labute approximate surface area is 123 Å². The Morgan fingerprint density at radius 3 is 2.55 bits per heavy atom. The van der Waals surface area contributed by atoms with E-state index >= 15 is 0 Å². The van der Waals surface area contributed by atoms with E-state index in [2.05, 4.69) is 74.8 Å². The van der Waals surface area contributed by atoms with Crippen LogP contribution in [-0.4, -0.2) is 30.6 Å². The van der Waals surface area contributed by atoms with Crippen LogP contribution in [0, 0.1) is 5.41 Å². The maximum Gasteiger partial charge on any atom is 0.0535 e. The predicted molar refractivity (Wildman–Crippen MR) is 86.8 cm³/mol. The summed E-state index contributed by atoms with van der Waals surface area (Å²) in [6, 6.07) is 11.3. The lowest BCUT2D eigenvalue weighted by molar-refractivity contribution is 0.0354. The summed E-state index contributed by atoms with van der Waals surface area (Å²) in [7, 11) is 0. The Morgan fingerprint density at radius 1 is 1.35 bits per heavy atom. The van der Waals surface area contributed by atoms with Gasteiger partial charge in [-0.15, -0.1) is 6.58 Å². The molecule has 1 aliphatic rings. The van der Waals surface area contributed by atoms with Gasteiger partial charge in [-0.2, -0.15) is 0 Å². The zero-order chi connectivity index (χ0) is 14.8. The molecule has 2 atom stereocenters. The summed E-state index contributed by atoms with van der Waals surface area (Å²) in [5.41, 5.74) is 1.65. The smallest absolute Gasteiger partial charge is 0.0535 e. The molecular weight excluding hydrogens is 244 g/mol. The number of benzene rings is 1. The van der Waals surface area contributed by atoms with Crippen LogP contribution in [0.1, 0.15) is 33.3 Å². The molecule has 20 heavy (non-hydrogen) atoms. The third-order valence-corrected chi connectivity index (χ3v) is 4.42. The van der Waals surface area contributed by atoms with Crippen molar-refractivity contribution in [2.75, 3.05) is 19.6 Å². The molecule has 0 spiro atoms. The summed E-state index contributed by atoms with van der Waals surface area (Å²) < 4.78 is 0. The predicted octanol–water partition coefficient (Wildman–Crippen LogP) is 3.41. The Kier molecular flexibility index (Phi) is 4.36. The van der Waals surface area contributed by atoms with Crippen LogP contribution in [0.4, 0.5) is 0 Å². The van der Waals surface area contributed by atoms with Gasteiger partial charge in [0, 0.05) is 25.7 Å². The highest BCUT2D eigenvalue weighted by atomic mass is 15.3. The molecule has 0 bridgehead atoms. The molecule has 1 N–H and O–H groups in total. The Morgan fingerprint density at radius 2 is 2.00 bits per heavy atom. The molecule has 2 rings (SSSR count). The number of hydrogen-bond acceptors (Lipinski definition) is 2. The molecule has 0 radical (unpaired) electrons. The SMILES string of the molecule is C=CCN1CC(C)(c2ccccc2)NCC1C(C)(C)C. The molecule has 1 saturated heterocycles. The minimum absolute atomic E-state index is 0.0199. The first-order chi connectivity index (χ1) is 9.37. The van der Waals surface area contributed by atoms with E-state index in [0.717, 1.165) is 19.6 Å². The molecule has 0 aliphatic carbocycles. The fraction of sp³-hybridized carbons (Fsp3) is 0.556. The molecule has 2 nitrogen and oxygen atoms in total. The summed E-state index contributed by atoms with van der Waals surface area (Å²) in [5, 5.41) is 3.78. The monoisotopic (exact) mass is 272 g/mol. The molecule has 2 heteroatoms. The van der Waals surface area contributed by atoms with Crippen molar-refractivity contribution in [3.05, 3.63) is 48.6 Å². The van der Waals surface area contributed by atoms with Gasteiger partial charge in [-0.05, 0) is 17.9 Å². The standard InChI is InChI=1S/C18H28N2/c1-6-12-20-14-18(5,15-10-8-7-9-11-15)19-13-16(20)17(2,3)4/h6-11,16,19H,1,12-14H2,2-5H3. The van der Waals surface area contributed by atoms with Crippen LogP contribution < -0.4 is 5.32 Å². The van der Waals surface area contributed by atoms with E-state index in [1.807, 2.05) is 6.08 Å². The van der Waals surface area contributed by atoms with Gasteiger partial charge in [0.15, 0.2) is 0 Å². The summed E-state index contributed by atoms with van der Waals surface area (Å²) in [6.07, 6.45) is 2.02. The highest BCUT2D eigenvalue weighted by Gasteiger charge is 2.40. The Bertz CT molecular complexity index is 446. The highest BCUT2D eigenvalue weighted by Crippen LogP contribution is 2.32. The van der Waals surface area contributed by atoms with E-state index in [9.17, 15) is 0 Å². The number of rotatable bonds is 3. The maximum absolute atomic E-state index is 3.93. The third kappa shape index (κ3) is 3.13. The van der Waals surface area contributed by atoms with Crippen molar-refractivity contribution in [1.82, 2.24) is 10.2 Å². The maximum atomic E-state index is 3.93. The molecule has 1 aromatic rings. The van der Waals surface area contributed by atoms with Crippen LogP contribution >= 0.6 is 0 Å². The minimum atomic E-state index is 0.0199. The Balaban J connectivity index is 2.24. The van der Waals surface area contributed by atoms with Crippen molar-refractivity contribution in [2.24, 2.45) is 5.41 Å². The lowest BCUT2D eigenvalue weighted by Crippen LogP contribution is -2.64. The number of nitrogens with zero attached hydrogens (tertiary/aromatic N) is 1. The lowest BCUT2D eigenvalue weighted by atomic mass is 9.80. The van der Waals surface area contributed by atoms with E-state index in [4.69, 9.17) is 0 Å². The van der Waals surface area contributed by atoms with Crippen LogP contribution in [0.15, 0.2) is 43.0 Å². The molecule has 1 fully saturated rings. The molecule has 1 aliphatic heterocycles. The van der Waals surface area contributed by atoms with Gasteiger partial charge in [-0.3, -0.25) is 4.90 Å². The quantitative estimate of drug-likeness (QED) is 0.848. The first-order valence-electron chi connectivity index (χ1n) is 7.52. The van der Waals surface area contributed by atoms with E-state index in [0.29, 0.717) is 6.04 Å². The van der Waals surface area contributed by atoms with Crippen LogP contribution in [0.5, 0.6) is 0 Å². The molecule has 0 amide bonds. The summed E-state index contributed by atoms with van der Waals surface area (Å²) in [5.74, 6) is 0. The van der Waals surface area contributed by atoms with Crippen LogP contribution in [-0.2, 0) is 5.54 Å². The van der Waals surface area contributed by atoms with Crippen molar-refractivity contribution in [1.29, 1.82) is 0 Å². The van der Waals surface area contributed by atoms with E-state index in [1.165, 1.54) is 5.56 Å². The van der Waals surface area contributed by atoms with Gasteiger partial charge in [0.05, 0.1) is 5.54 Å². The van der Waals surface area contributed by atoms with E-state index in [-0.39, 0.29) is 11.0 Å². The lowest BCUT2D eigenvalue weighted by Gasteiger charge is -2.50. The zero-order valence-corrected chi connectivity index (χ0v) is 13.3. The van der Waals surface area contributed by atoms with Crippen molar-refractivity contribution < 1.29 is 0 Å². The van der Waals surface area contributed by atoms with Gasteiger partial charge in [-0.1, -0.05) is 57.2 Å². The normalized spacial score (nSPS) is 28.3. The van der Waals surface area contributed by atoms with Crippen LogP contribution in [0.2, 0.25) is 0 Å². The number of nitrogens with one attached hydrogen (secondary N) is 1. The molecular formula is C18H28N2. The van der Waals surface area contributed by atoms with Gasteiger partial charge in [0.2, 0.25) is 0 Å². The van der Waals surface area contributed by atoms with Crippen molar-refractivity contribution in [2.45, 2.75) is 39.3 Å². The summed E-state index contributed by atoms with van der Waals surface area (Å²) in [6.45, 7) is 16.2. The van der Waals surface area contributed by atoms with Crippen molar-refractivity contribution >= 4 is 0 Å².